The number of nitrogens with one attached hydrogen (secondary N) is 1. The van der Waals surface area contributed by atoms with Crippen LogP contribution in [0.3, 0.4) is 0 Å². The molecule has 7 nitrogen and oxygen atoms in total. The second kappa shape index (κ2) is 7.20. The fourth-order valence-corrected chi connectivity index (χ4v) is 4.85. The second-order valence-electron chi connectivity index (χ2n) is 5.73. The summed E-state index contributed by atoms with van der Waals surface area (Å²) < 4.78 is 32.4. The number of anilines is 1. The van der Waals surface area contributed by atoms with Crippen molar-refractivity contribution in [2.24, 2.45) is 0 Å². The highest BCUT2D eigenvalue weighted by Gasteiger charge is 2.28. The highest BCUT2D eigenvalue weighted by atomic mass is 32.2. The van der Waals surface area contributed by atoms with Crippen molar-refractivity contribution in [3.8, 4) is 0 Å². The standard InChI is InChI=1S/C16H19N3O4S2/c1-11-3-4-13(15(20)18-16-17-10-12(2)24-16)9-14(11)25(21,22)19-5-7-23-8-6-19/h3-4,9-10H,5-8H2,1-2H3,(H,17,18,20). The van der Waals surface area contributed by atoms with Crippen LogP contribution in [0, 0.1) is 13.8 Å². The molecule has 0 spiro atoms. The van der Waals surface area contributed by atoms with Gasteiger partial charge in [0.25, 0.3) is 5.91 Å². The highest BCUT2D eigenvalue weighted by Crippen LogP contribution is 2.23. The van der Waals surface area contributed by atoms with Crippen LogP contribution in [0.2, 0.25) is 0 Å². The number of thiazole rings is 1. The van der Waals surface area contributed by atoms with Crippen LogP contribution in [0.1, 0.15) is 20.8 Å². The van der Waals surface area contributed by atoms with E-state index in [9.17, 15) is 13.2 Å². The van der Waals surface area contributed by atoms with Crippen LogP contribution in [0.25, 0.3) is 0 Å². The van der Waals surface area contributed by atoms with E-state index in [0.29, 0.717) is 37.0 Å². The first kappa shape index (κ1) is 18.0. The largest absolute Gasteiger partial charge is 0.379 e. The van der Waals surface area contributed by atoms with Crippen molar-refractivity contribution in [1.82, 2.24) is 9.29 Å². The predicted molar refractivity (Wildman–Crippen MR) is 95.6 cm³/mol. The molecule has 0 atom stereocenters. The van der Waals surface area contributed by atoms with Gasteiger partial charge < -0.3 is 4.74 Å². The minimum atomic E-state index is -3.66. The fraction of sp³-hybridized carbons (Fsp3) is 0.375. The Labute approximate surface area is 150 Å². The molecular formula is C16H19N3O4S2. The molecule has 9 heteroatoms. The molecule has 134 valence electrons. The average Bonchev–Trinajstić information content (AvgIpc) is 3.00. The number of carbonyl (C=O) groups is 1. The van der Waals surface area contributed by atoms with E-state index in [4.69, 9.17) is 4.74 Å². The van der Waals surface area contributed by atoms with Crippen molar-refractivity contribution in [2.75, 3.05) is 31.6 Å². The molecule has 1 aromatic carbocycles. The minimum absolute atomic E-state index is 0.150. The van der Waals surface area contributed by atoms with Crippen LogP contribution in [-0.4, -0.2) is 49.9 Å². The first-order valence-corrected chi connectivity index (χ1v) is 10.1. The molecule has 1 N–H and O–H groups in total. The summed E-state index contributed by atoms with van der Waals surface area (Å²) in [7, 11) is -3.66. The number of benzene rings is 1. The van der Waals surface area contributed by atoms with Crippen molar-refractivity contribution < 1.29 is 17.9 Å². The van der Waals surface area contributed by atoms with Gasteiger partial charge in [-0.2, -0.15) is 4.31 Å². The van der Waals surface area contributed by atoms with Crippen LogP contribution < -0.4 is 5.32 Å². The lowest BCUT2D eigenvalue weighted by atomic mass is 10.1. The summed E-state index contributed by atoms with van der Waals surface area (Å²) in [5.41, 5.74) is 0.887. The zero-order chi connectivity index (χ0) is 18.0. The summed E-state index contributed by atoms with van der Waals surface area (Å²) in [5.74, 6) is -0.382. The van der Waals surface area contributed by atoms with Gasteiger partial charge in [-0.15, -0.1) is 11.3 Å². The van der Waals surface area contributed by atoms with Crippen molar-refractivity contribution in [3.63, 3.8) is 0 Å². The Balaban J connectivity index is 1.88. The number of ether oxygens (including phenoxy) is 1. The summed E-state index contributed by atoms with van der Waals surface area (Å²) >= 11 is 1.36. The molecule has 0 bridgehead atoms. The maximum Gasteiger partial charge on any atom is 0.257 e. The number of sulfonamides is 1. The van der Waals surface area contributed by atoms with Crippen LogP contribution in [0.4, 0.5) is 5.13 Å². The van der Waals surface area contributed by atoms with Crippen LogP contribution in [0.15, 0.2) is 29.3 Å². The van der Waals surface area contributed by atoms with Gasteiger partial charge in [-0.1, -0.05) is 6.07 Å². The molecule has 1 amide bonds. The van der Waals surface area contributed by atoms with Crippen molar-refractivity contribution in [2.45, 2.75) is 18.7 Å². The van der Waals surface area contributed by atoms with E-state index in [1.165, 1.54) is 21.7 Å². The van der Waals surface area contributed by atoms with Gasteiger partial charge in [-0.05, 0) is 31.5 Å². The molecule has 1 aliphatic rings. The van der Waals surface area contributed by atoms with E-state index in [2.05, 4.69) is 10.3 Å². The summed E-state index contributed by atoms with van der Waals surface area (Å²) in [6.07, 6.45) is 1.67. The molecule has 25 heavy (non-hydrogen) atoms. The number of rotatable bonds is 4. The lowest BCUT2D eigenvalue weighted by molar-refractivity contribution is 0.0730. The van der Waals surface area contributed by atoms with Gasteiger partial charge in [0, 0.05) is 29.7 Å². The van der Waals surface area contributed by atoms with Gasteiger partial charge >= 0.3 is 0 Å². The highest BCUT2D eigenvalue weighted by molar-refractivity contribution is 7.89. The third-order valence-corrected chi connectivity index (χ3v) is 6.75. The van der Waals surface area contributed by atoms with Gasteiger partial charge in [-0.25, -0.2) is 13.4 Å². The molecule has 1 saturated heterocycles. The van der Waals surface area contributed by atoms with Crippen molar-refractivity contribution in [1.29, 1.82) is 0 Å². The molecule has 1 aliphatic heterocycles. The summed E-state index contributed by atoms with van der Waals surface area (Å²) in [5, 5.41) is 3.18. The van der Waals surface area contributed by atoms with E-state index in [1.54, 1.807) is 25.3 Å². The fourth-order valence-electron chi connectivity index (χ4n) is 2.53. The van der Waals surface area contributed by atoms with E-state index in [1.807, 2.05) is 6.92 Å². The molecule has 2 heterocycles. The summed E-state index contributed by atoms with van der Waals surface area (Å²) in [6, 6.07) is 4.69. The third-order valence-electron chi connectivity index (χ3n) is 3.88. The quantitative estimate of drug-likeness (QED) is 0.875. The van der Waals surface area contributed by atoms with Gasteiger partial charge in [0.1, 0.15) is 0 Å². The van der Waals surface area contributed by atoms with Gasteiger partial charge in [0.15, 0.2) is 5.13 Å². The van der Waals surface area contributed by atoms with Crippen LogP contribution in [0.5, 0.6) is 0 Å². The molecule has 1 aromatic heterocycles. The summed E-state index contributed by atoms with van der Waals surface area (Å²) in [4.78, 5) is 17.6. The predicted octanol–water partition coefficient (Wildman–Crippen LogP) is 2.03. The Morgan fingerprint density at radius 1 is 1.28 bits per heavy atom. The summed E-state index contributed by atoms with van der Waals surface area (Å²) in [6.45, 7) is 5.00. The number of aryl methyl sites for hydroxylation is 2. The van der Waals surface area contributed by atoms with Crippen molar-refractivity contribution >= 4 is 32.4 Å². The molecule has 2 aromatic rings. The van der Waals surface area contributed by atoms with E-state index >= 15 is 0 Å². The number of amides is 1. The zero-order valence-electron chi connectivity index (χ0n) is 14.0. The average molecular weight is 381 g/mol. The van der Waals surface area contributed by atoms with E-state index in [-0.39, 0.29) is 16.4 Å². The number of hydrogen-bond donors (Lipinski definition) is 1. The minimum Gasteiger partial charge on any atom is -0.379 e. The molecule has 0 saturated carbocycles. The SMILES string of the molecule is Cc1cnc(NC(=O)c2ccc(C)c(S(=O)(=O)N3CCOCC3)c2)s1. The molecule has 1 fully saturated rings. The van der Waals surface area contributed by atoms with E-state index < -0.39 is 10.0 Å². The maximum absolute atomic E-state index is 12.9. The Bertz CT molecular complexity index is 887. The van der Waals surface area contributed by atoms with E-state index in [0.717, 1.165) is 4.88 Å². The Morgan fingerprint density at radius 2 is 2.00 bits per heavy atom. The van der Waals surface area contributed by atoms with Gasteiger partial charge in [-0.3, -0.25) is 10.1 Å². The molecule has 3 rings (SSSR count). The normalized spacial score (nSPS) is 15.9. The number of morpholine rings is 1. The van der Waals surface area contributed by atoms with Crippen LogP contribution >= 0.6 is 11.3 Å². The Kier molecular flexibility index (Phi) is 5.19. The second-order valence-corrected chi connectivity index (χ2v) is 8.87. The molecular weight excluding hydrogens is 362 g/mol. The zero-order valence-corrected chi connectivity index (χ0v) is 15.6. The van der Waals surface area contributed by atoms with Gasteiger partial charge in [0.05, 0.1) is 18.1 Å². The number of carbonyl (C=O) groups excluding carboxylic acids is 1. The Morgan fingerprint density at radius 3 is 2.64 bits per heavy atom. The van der Waals surface area contributed by atoms with Crippen molar-refractivity contribution in [3.05, 3.63) is 40.4 Å². The first-order chi connectivity index (χ1) is 11.9. The number of nitrogens with zero attached hydrogens (tertiary/aromatic N) is 2. The smallest absolute Gasteiger partial charge is 0.257 e. The molecule has 0 radical (unpaired) electrons. The lowest BCUT2D eigenvalue weighted by Crippen LogP contribution is -2.40. The maximum atomic E-state index is 12.9. The first-order valence-electron chi connectivity index (χ1n) is 7.80. The lowest BCUT2D eigenvalue weighted by Gasteiger charge is -2.26. The van der Waals surface area contributed by atoms with Gasteiger partial charge in [0.2, 0.25) is 10.0 Å². The monoisotopic (exact) mass is 381 g/mol. The topological polar surface area (TPSA) is 88.6 Å². The Hall–Kier alpha value is -1.81. The molecule has 0 aliphatic carbocycles. The third kappa shape index (κ3) is 3.90. The number of aromatic nitrogens is 1. The van der Waals surface area contributed by atoms with Crippen LogP contribution in [-0.2, 0) is 14.8 Å². The molecule has 0 unspecified atom stereocenters. The number of hydrogen-bond acceptors (Lipinski definition) is 6.